The maximum atomic E-state index is 13.8. The molecule has 1 aromatic heterocycles. The highest BCUT2D eigenvalue weighted by Gasteiger charge is 2.12. The molecule has 2 aromatic carbocycles. The zero-order valence-corrected chi connectivity index (χ0v) is 15.4. The fourth-order valence-corrected chi connectivity index (χ4v) is 2.48. The van der Waals surface area contributed by atoms with Crippen LogP contribution in [0.1, 0.15) is 22.8 Å². The van der Waals surface area contributed by atoms with Gasteiger partial charge in [0.05, 0.1) is 0 Å². The molecule has 0 spiro atoms. The summed E-state index contributed by atoms with van der Waals surface area (Å²) in [4.78, 5) is 27.6. The van der Waals surface area contributed by atoms with Gasteiger partial charge in [-0.2, -0.15) is 0 Å². The van der Waals surface area contributed by atoms with E-state index >= 15 is 0 Å². The molecule has 2 amide bonds. The van der Waals surface area contributed by atoms with E-state index in [1.165, 1.54) is 13.1 Å². The normalized spacial score (nSPS) is 10.3. The van der Waals surface area contributed by atoms with E-state index < -0.39 is 17.7 Å². The summed E-state index contributed by atoms with van der Waals surface area (Å²) < 4.78 is 32.3. The topological polar surface area (TPSA) is 80.3 Å². The lowest BCUT2D eigenvalue weighted by molar-refractivity contribution is 0.101. The molecule has 1 heterocycles. The van der Waals surface area contributed by atoms with Crippen LogP contribution >= 0.6 is 0 Å². The van der Waals surface area contributed by atoms with Crippen LogP contribution in [0.4, 0.5) is 19.3 Å². The summed E-state index contributed by atoms with van der Waals surface area (Å²) in [6.07, 6.45) is 1.45. The minimum Gasteiger partial charge on any atom is -0.436 e. The van der Waals surface area contributed by atoms with Crippen LogP contribution in [0.3, 0.4) is 0 Å². The van der Waals surface area contributed by atoms with Crippen LogP contribution < -0.4 is 15.4 Å². The summed E-state index contributed by atoms with van der Waals surface area (Å²) in [5, 5.41) is 5.26. The van der Waals surface area contributed by atoms with Gasteiger partial charge in [-0.25, -0.2) is 18.6 Å². The van der Waals surface area contributed by atoms with Gasteiger partial charge in [0.2, 0.25) is 5.88 Å². The van der Waals surface area contributed by atoms with Crippen LogP contribution in [0.25, 0.3) is 0 Å². The lowest BCUT2D eigenvalue weighted by Gasteiger charge is -2.12. The quantitative estimate of drug-likeness (QED) is 0.592. The number of hydrogen-bond donors (Lipinski definition) is 2. The van der Waals surface area contributed by atoms with Crippen LogP contribution in [-0.2, 0) is 6.54 Å². The molecule has 0 radical (unpaired) electrons. The van der Waals surface area contributed by atoms with Gasteiger partial charge in [0, 0.05) is 35.6 Å². The van der Waals surface area contributed by atoms with Crippen LogP contribution in [0, 0.1) is 11.6 Å². The number of rotatable bonds is 6. The standard InChI is InChI=1S/C21H17F2N3O3/c1-13(27)14-4-2-6-17(10-14)26-21(28)25-12-15-5-3-9-24-20(15)29-19-8-7-16(22)11-18(19)23/h2-11H,12H2,1H3,(H2,25,26,28). The third-order valence-corrected chi connectivity index (χ3v) is 3.92. The molecule has 0 aliphatic carbocycles. The summed E-state index contributed by atoms with van der Waals surface area (Å²) in [6.45, 7) is 1.48. The Morgan fingerprint density at radius 2 is 1.90 bits per heavy atom. The molecule has 0 saturated carbocycles. The summed E-state index contributed by atoms with van der Waals surface area (Å²) in [7, 11) is 0. The molecule has 0 atom stereocenters. The Hall–Kier alpha value is -3.81. The van der Waals surface area contributed by atoms with Crippen LogP contribution in [0.2, 0.25) is 0 Å². The van der Waals surface area contributed by atoms with E-state index in [1.807, 2.05) is 0 Å². The highest BCUT2D eigenvalue weighted by atomic mass is 19.1. The predicted octanol–water partition coefficient (Wildman–Crippen LogP) is 4.68. The maximum Gasteiger partial charge on any atom is 0.319 e. The van der Waals surface area contributed by atoms with Crippen molar-refractivity contribution < 1.29 is 23.1 Å². The largest absolute Gasteiger partial charge is 0.436 e. The summed E-state index contributed by atoms with van der Waals surface area (Å²) >= 11 is 0. The Bertz CT molecular complexity index is 1060. The van der Waals surface area contributed by atoms with Crippen LogP contribution in [-0.4, -0.2) is 16.8 Å². The molecule has 6 nitrogen and oxygen atoms in total. The fraction of sp³-hybridized carbons (Fsp3) is 0.0952. The number of pyridine rings is 1. The van der Waals surface area contributed by atoms with Crippen LogP contribution in [0.15, 0.2) is 60.8 Å². The molecule has 29 heavy (non-hydrogen) atoms. The molecule has 0 aliphatic rings. The number of ketones is 1. The number of carbonyl (C=O) groups excluding carboxylic acids is 2. The van der Waals surface area contributed by atoms with E-state index in [2.05, 4.69) is 15.6 Å². The first-order valence-electron chi connectivity index (χ1n) is 8.65. The SMILES string of the molecule is CC(=O)c1cccc(NC(=O)NCc2cccnc2Oc2ccc(F)cc2F)c1. The number of amides is 2. The number of nitrogens with one attached hydrogen (secondary N) is 2. The van der Waals surface area contributed by atoms with Gasteiger partial charge in [0.1, 0.15) is 5.82 Å². The molecule has 3 aromatic rings. The third-order valence-electron chi connectivity index (χ3n) is 3.92. The molecular weight excluding hydrogens is 380 g/mol. The Morgan fingerprint density at radius 1 is 1.07 bits per heavy atom. The first kappa shape index (κ1) is 19.9. The van der Waals surface area contributed by atoms with Crippen molar-refractivity contribution in [2.45, 2.75) is 13.5 Å². The molecule has 0 unspecified atom stereocenters. The van der Waals surface area contributed by atoms with E-state index in [0.29, 0.717) is 22.9 Å². The number of benzene rings is 2. The smallest absolute Gasteiger partial charge is 0.319 e. The van der Waals surface area contributed by atoms with Gasteiger partial charge < -0.3 is 15.4 Å². The van der Waals surface area contributed by atoms with Gasteiger partial charge >= 0.3 is 6.03 Å². The number of hydrogen-bond acceptors (Lipinski definition) is 4. The van der Waals surface area contributed by atoms with Crippen molar-refractivity contribution in [2.24, 2.45) is 0 Å². The molecule has 3 rings (SSSR count). The number of urea groups is 1. The minimum atomic E-state index is -0.863. The fourth-order valence-electron chi connectivity index (χ4n) is 2.48. The van der Waals surface area contributed by atoms with Crippen molar-refractivity contribution in [3.63, 3.8) is 0 Å². The van der Waals surface area contributed by atoms with Gasteiger partial charge in [-0.1, -0.05) is 18.2 Å². The van der Waals surface area contributed by atoms with E-state index in [-0.39, 0.29) is 24.0 Å². The predicted molar refractivity (Wildman–Crippen MR) is 103 cm³/mol. The van der Waals surface area contributed by atoms with Gasteiger partial charge in [0.25, 0.3) is 0 Å². The summed E-state index contributed by atoms with van der Waals surface area (Å²) in [6, 6.07) is 12.3. The van der Waals surface area contributed by atoms with Crippen LogP contribution in [0.5, 0.6) is 11.6 Å². The molecule has 148 valence electrons. The number of ether oxygens (including phenoxy) is 1. The van der Waals surface area contributed by atoms with E-state index in [9.17, 15) is 18.4 Å². The van der Waals surface area contributed by atoms with E-state index in [0.717, 1.165) is 12.1 Å². The second kappa shape index (κ2) is 8.92. The first-order chi connectivity index (χ1) is 13.9. The Labute approximate surface area is 165 Å². The van der Waals surface area contributed by atoms with Crippen molar-refractivity contribution in [3.05, 3.63) is 83.6 Å². The first-order valence-corrected chi connectivity index (χ1v) is 8.65. The monoisotopic (exact) mass is 397 g/mol. The number of anilines is 1. The van der Waals surface area contributed by atoms with Crippen molar-refractivity contribution in [1.82, 2.24) is 10.3 Å². The Morgan fingerprint density at radius 3 is 2.66 bits per heavy atom. The molecule has 0 saturated heterocycles. The molecular formula is C21H17F2N3O3. The average molecular weight is 397 g/mol. The maximum absolute atomic E-state index is 13.8. The highest BCUT2D eigenvalue weighted by Crippen LogP contribution is 2.26. The highest BCUT2D eigenvalue weighted by molar-refractivity contribution is 5.96. The van der Waals surface area contributed by atoms with Crippen molar-refractivity contribution in [1.29, 1.82) is 0 Å². The molecule has 2 N–H and O–H groups in total. The van der Waals surface area contributed by atoms with Crippen molar-refractivity contribution in [2.75, 3.05) is 5.32 Å². The van der Waals surface area contributed by atoms with Gasteiger partial charge in [-0.15, -0.1) is 0 Å². The minimum absolute atomic E-state index is 0.0459. The van der Waals surface area contributed by atoms with E-state index in [1.54, 1.807) is 36.4 Å². The van der Waals surface area contributed by atoms with Crippen molar-refractivity contribution >= 4 is 17.5 Å². The lowest BCUT2D eigenvalue weighted by atomic mass is 10.1. The summed E-state index contributed by atoms with van der Waals surface area (Å²) in [5.74, 6) is -1.80. The second-order valence-corrected chi connectivity index (χ2v) is 6.09. The zero-order chi connectivity index (χ0) is 20.8. The summed E-state index contributed by atoms with van der Waals surface area (Å²) in [5.41, 5.74) is 1.43. The zero-order valence-electron chi connectivity index (χ0n) is 15.4. The number of aromatic nitrogens is 1. The molecule has 8 heteroatoms. The molecule has 0 fully saturated rings. The average Bonchev–Trinajstić information content (AvgIpc) is 2.69. The Balaban J connectivity index is 1.66. The number of halogens is 2. The second-order valence-electron chi connectivity index (χ2n) is 6.09. The third kappa shape index (κ3) is 5.35. The number of carbonyl (C=O) groups is 2. The number of Topliss-reactive ketones (excluding diaryl/α,β-unsaturated/α-hetero) is 1. The van der Waals surface area contributed by atoms with Gasteiger partial charge in [-0.3, -0.25) is 4.79 Å². The van der Waals surface area contributed by atoms with Gasteiger partial charge in [0.15, 0.2) is 17.3 Å². The van der Waals surface area contributed by atoms with Crippen molar-refractivity contribution in [3.8, 4) is 11.6 Å². The van der Waals surface area contributed by atoms with Gasteiger partial charge in [-0.05, 0) is 37.3 Å². The lowest BCUT2D eigenvalue weighted by Crippen LogP contribution is -2.28. The molecule has 0 bridgehead atoms. The Kier molecular flexibility index (Phi) is 6.13. The number of nitrogens with zero attached hydrogens (tertiary/aromatic N) is 1. The van der Waals surface area contributed by atoms with E-state index in [4.69, 9.17) is 4.74 Å². The molecule has 0 aliphatic heterocycles.